The van der Waals surface area contributed by atoms with Crippen molar-refractivity contribution < 1.29 is 8.42 Å². The predicted molar refractivity (Wildman–Crippen MR) is 76.2 cm³/mol. The number of hydrogen-bond acceptors (Lipinski definition) is 3. The molecule has 0 aromatic rings. The average Bonchev–Trinajstić information content (AvgIpc) is 2.37. The van der Waals surface area contributed by atoms with E-state index in [4.69, 9.17) is 0 Å². The number of nitrogens with zero attached hydrogens (tertiary/aromatic N) is 2. The van der Waals surface area contributed by atoms with Gasteiger partial charge >= 0.3 is 0 Å². The minimum atomic E-state index is -2.97. The van der Waals surface area contributed by atoms with Gasteiger partial charge in [0.25, 0.3) is 0 Å². The van der Waals surface area contributed by atoms with E-state index in [9.17, 15) is 8.42 Å². The minimum Gasteiger partial charge on any atom is -0.306 e. The molecule has 108 valence electrons. The summed E-state index contributed by atoms with van der Waals surface area (Å²) in [6, 6.07) is 0. The van der Waals surface area contributed by atoms with Gasteiger partial charge in [0.1, 0.15) is 0 Å². The summed E-state index contributed by atoms with van der Waals surface area (Å²) < 4.78 is 25.1. The molecule has 0 unspecified atom stereocenters. The molecule has 0 bridgehead atoms. The molecule has 1 aliphatic rings. The Morgan fingerprint density at radius 3 is 2.33 bits per heavy atom. The Bertz CT molecular complexity index is 322. The van der Waals surface area contributed by atoms with Crippen molar-refractivity contribution in [3.63, 3.8) is 0 Å². The van der Waals surface area contributed by atoms with Crippen LogP contribution in [0.4, 0.5) is 0 Å². The third-order valence-corrected chi connectivity index (χ3v) is 5.68. The maximum atomic E-state index is 11.7. The summed E-state index contributed by atoms with van der Waals surface area (Å²) >= 11 is 0. The zero-order valence-corrected chi connectivity index (χ0v) is 12.9. The summed E-state index contributed by atoms with van der Waals surface area (Å²) in [5.74, 6) is 0.892. The first-order valence-electron chi connectivity index (χ1n) is 7.16. The first kappa shape index (κ1) is 15.9. The molecule has 0 N–H and O–H groups in total. The van der Waals surface area contributed by atoms with Crippen LogP contribution < -0.4 is 0 Å². The molecule has 4 nitrogen and oxygen atoms in total. The molecule has 0 amide bonds. The number of piperidine rings is 1. The van der Waals surface area contributed by atoms with Crippen LogP contribution in [-0.4, -0.2) is 56.6 Å². The first-order valence-corrected chi connectivity index (χ1v) is 8.76. The normalized spacial score (nSPS) is 19.6. The zero-order chi connectivity index (χ0) is 13.6. The summed E-state index contributed by atoms with van der Waals surface area (Å²) in [6.07, 6.45) is 4.50. The lowest BCUT2D eigenvalue weighted by Crippen LogP contribution is -2.41. The highest BCUT2D eigenvalue weighted by molar-refractivity contribution is 7.89. The molecule has 5 heteroatoms. The summed E-state index contributed by atoms with van der Waals surface area (Å²) in [6.45, 7) is 7.62. The smallest absolute Gasteiger partial charge is 0.213 e. The molecule has 1 aliphatic heterocycles. The van der Waals surface area contributed by atoms with E-state index in [2.05, 4.69) is 18.9 Å². The summed E-state index contributed by atoms with van der Waals surface area (Å²) in [5, 5.41) is 0. The zero-order valence-electron chi connectivity index (χ0n) is 12.1. The van der Waals surface area contributed by atoms with E-state index in [1.165, 1.54) is 12.8 Å². The number of rotatable bonds is 7. The molecule has 1 saturated heterocycles. The van der Waals surface area contributed by atoms with Crippen LogP contribution in [0.3, 0.4) is 0 Å². The molecular formula is C13H28N2O2S. The number of sulfonamides is 1. The van der Waals surface area contributed by atoms with Crippen molar-refractivity contribution in [3.05, 3.63) is 0 Å². The van der Waals surface area contributed by atoms with Crippen molar-refractivity contribution in [1.82, 2.24) is 9.21 Å². The quantitative estimate of drug-likeness (QED) is 0.712. The van der Waals surface area contributed by atoms with Gasteiger partial charge in [0.15, 0.2) is 0 Å². The second kappa shape index (κ2) is 7.46. The molecule has 0 aromatic heterocycles. The molecule has 18 heavy (non-hydrogen) atoms. The maximum Gasteiger partial charge on any atom is 0.213 e. The van der Waals surface area contributed by atoms with Gasteiger partial charge in [-0.1, -0.05) is 13.3 Å². The lowest BCUT2D eigenvalue weighted by molar-refractivity contribution is 0.204. The molecular weight excluding hydrogens is 248 g/mol. The Hall–Kier alpha value is -0.130. The van der Waals surface area contributed by atoms with Crippen LogP contribution in [0.5, 0.6) is 0 Å². The van der Waals surface area contributed by atoms with Crippen molar-refractivity contribution >= 4 is 10.0 Å². The van der Waals surface area contributed by atoms with Gasteiger partial charge in [-0.3, -0.25) is 0 Å². The average molecular weight is 276 g/mol. The van der Waals surface area contributed by atoms with Gasteiger partial charge in [-0.2, -0.15) is 0 Å². The summed E-state index contributed by atoms with van der Waals surface area (Å²) in [5.41, 5.74) is 0. The Kier molecular flexibility index (Phi) is 6.60. The molecule has 0 aliphatic carbocycles. The lowest BCUT2D eigenvalue weighted by Gasteiger charge is -2.33. The van der Waals surface area contributed by atoms with Gasteiger partial charge in [0.05, 0.1) is 5.75 Å². The number of hydrogen-bond donors (Lipinski definition) is 0. The Labute approximate surface area is 112 Å². The van der Waals surface area contributed by atoms with Crippen LogP contribution in [-0.2, 0) is 10.0 Å². The molecule has 0 radical (unpaired) electrons. The van der Waals surface area contributed by atoms with E-state index in [-0.39, 0.29) is 5.75 Å². The van der Waals surface area contributed by atoms with E-state index in [0.717, 1.165) is 25.9 Å². The van der Waals surface area contributed by atoms with Gasteiger partial charge in [-0.25, -0.2) is 12.7 Å². The largest absolute Gasteiger partial charge is 0.306 e. The summed E-state index contributed by atoms with van der Waals surface area (Å²) in [7, 11) is -0.796. The highest BCUT2D eigenvalue weighted by Crippen LogP contribution is 2.20. The molecule has 0 spiro atoms. The molecule has 1 fully saturated rings. The van der Waals surface area contributed by atoms with Crippen molar-refractivity contribution in [1.29, 1.82) is 0 Å². The molecule has 0 aromatic carbocycles. The molecule has 1 heterocycles. The van der Waals surface area contributed by atoms with Crippen molar-refractivity contribution in [2.75, 3.05) is 39.0 Å². The van der Waals surface area contributed by atoms with Gasteiger partial charge in [-0.15, -0.1) is 0 Å². The third kappa shape index (κ3) is 4.86. The van der Waals surface area contributed by atoms with E-state index >= 15 is 0 Å². The van der Waals surface area contributed by atoms with Crippen LogP contribution >= 0.6 is 0 Å². The second-order valence-corrected chi connectivity index (χ2v) is 7.62. The topological polar surface area (TPSA) is 40.6 Å². The van der Waals surface area contributed by atoms with Crippen LogP contribution in [0.25, 0.3) is 0 Å². The fourth-order valence-electron chi connectivity index (χ4n) is 2.51. The fourth-order valence-corrected chi connectivity index (χ4v) is 3.64. The maximum absolute atomic E-state index is 11.7. The van der Waals surface area contributed by atoms with Crippen molar-refractivity contribution in [3.8, 4) is 0 Å². The number of unbranched alkanes of at least 4 members (excludes halogenated alkanes) is 1. The minimum absolute atomic E-state index is 0.230. The molecule has 0 saturated carbocycles. The SMILES string of the molecule is CCCCN(C)CC1CCN(S(=O)(=O)CC)CC1. The van der Waals surface area contributed by atoms with Gasteiger partial charge in [0.2, 0.25) is 10.0 Å². The molecule has 0 atom stereocenters. The van der Waals surface area contributed by atoms with Crippen LogP contribution in [0, 0.1) is 5.92 Å². The Balaban J connectivity index is 2.31. The van der Waals surface area contributed by atoms with E-state index in [1.54, 1.807) is 11.2 Å². The van der Waals surface area contributed by atoms with E-state index < -0.39 is 10.0 Å². The van der Waals surface area contributed by atoms with Gasteiger partial charge in [-0.05, 0) is 45.7 Å². The van der Waals surface area contributed by atoms with Crippen LogP contribution in [0.1, 0.15) is 39.5 Å². The Morgan fingerprint density at radius 2 is 1.83 bits per heavy atom. The third-order valence-electron chi connectivity index (χ3n) is 3.79. The van der Waals surface area contributed by atoms with Crippen LogP contribution in [0.2, 0.25) is 0 Å². The van der Waals surface area contributed by atoms with Gasteiger partial charge in [0, 0.05) is 19.6 Å². The van der Waals surface area contributed by atoms with Crippen molar-refractivity contribution in [2.24, 2.45) is 5.92 Å². The fraction of sp³-hybridized carbons (Fsp3) is 1.00. The lowest BCUT2D eigenvalue weighted by atomic mass is 9.97. The highest BCUT2D eigenvalue weighted by atomic mass is 32.2. The summed E-state index contributed by atoms with van der Waals surface area (Å²) in [4.78, 5) is 2.39. The predicted octanol–water partition coefficient (Wildman–Crippen LogP) is 1.78. The van der Waals surface area contributed by atoms with E-state index in [0.29, 0.717) is 19.0 Å². The van der Waals surface area contributed by atoms with E-state index in [1.807, 2.05) is 0 Å². The Morgan fingerprint density at radius 1 is 1.22 bits per heavy atom. The van der Waals surface area contributed by atoms with Crippen LogP contribution in [0.15, 0.2) is 0 Å². The molecule has 1 rings (SSSR count). The first-order chi connectivity index (χ1) is 8.49. The monoisotopic (exact) mass is 276 g/mol. The standard InChI is InChI=1S/C13H28N2O2S/c1-4-6-9-14(3)12-13-7-10-15(11-8-13)18(16,17)5-2/h13H,4-12H2,1-3H3. The van der Waals surface area contributed by atoms with Gasteiger partial charge < -0.3 is 4.90 Å². The highest BCUT2D eigenvalue weighted by Gasteiger charge is 2.26. The second-order valence-electron chi connectivity index (χ2n) is 5.36. The van der Waals surface area contributed by atoms with Crippen molar-refractivity contribution in [2.45, 2.75) is 39.5 Å².